The standard InChI is InChI=1S/2C18H40N.H2O5S/c2*1-5-9-10-11-12-13-14-15-16-17-18-19(6-2,7-3)8-4;1-5-6(2,3)4/h2*5-18H2,1-4H3;1H,(H,2,3,4)/q2*+1;/p-2. The van der Waals surface area contributed by atoms with E-state index in [1.54, 1.807) is 0 Å². The molecule has 0 N–H and O–H groups in total. The second kappa shape index (κ2) is 34.1. The highest BCUT2D eigenvalue weighted by Gasteiger charge is 2.20. The molecule has 0 heterocycles. The summed E-state index contributed by atoms with van der Waals surface area (Å²) in [5.74, 6) is 0. The fourth-order valence-corrected chi connectivity index (χ4v) is 6.16. The van der Waals surface area contributed by atoms with Crippen molar-refractivity contribution in [3.63, 3.8) is 0 Å². The maximum atomic E-state index is 8.91. The SMILES string of the molecule is CCCCCCCCCCCC[N+](CC)(CC)CC.CCCCCCCCCCCC[N+](CC)(CC)CC.O=S(=O)([O-])O[O-]. The van der Waals surface area contributed by atoms with Crippen molar-refractivity contribution >= 4 is 10.4 Å². The molecule has 0 radical (unpaired) electrons. The Labute approximate surface area is 277 Å². The summed E-state index contributed by atoms with van der Waals surface area (Å²) in [5.41, 5.74) is 0. The van der Waals surface area contributed by atoms with E-state index in [4.69, 9.17) is 18.2 Å². The summed E-state index contributed by atoms with van der Waals surface area (Å²) in [5, 5.41) is 8.55. The van der Waals surface area contributed by atoms with Gasteiger partial charge in [-0.05, 0) is 67.2 Å². The van der Waals surface area contributed by atoms with Crippen LogP contribution in [0, 0.1) is 0 Å². The van der Waals surface area contributed by atoms with E-state index in [9.17, 15) is 0 Å². The monoisotopic (exact) mass is 653 g/mol. The van der Waals surface area contributed by atoms with Crippen LogP contribution in [0.5, 0.6) is 0 Å². The van der Waals surface area contributed by atoms with Crippen LogP contribution < -0.4 is 5.26 Å². The van der Waals surface area contributed by atoms with Crippen LogP contribution in [0.1, 0.15) is 184 Å². The smallest absolute Gasteiger partial charge is 0.208 e. The van der Waals surface area contributed by atoms with E-state index in [-0.39, 0.29) is 0 Å². The fraction of sp³-hybridized carbons (Fsp3) is 1.00. The van der Waals surface area contributed by atoms with Crippen LogP contribution in [0.15, 0.2) is 0 Å². The Balaban J connectivity index is -0.000000644. The lowest BCUT2D eigenvalue weighted by Gasteiger charge is -2.35. The molecule has 0 spiro atoms. The maximum Gasteiger partial charge on any atom is 0.208 e. The molecule has 270 valence electrons. The van der Waals surface area contributed by atoms with E-state index in [2.05, 4.69) is 59.7 Å². The molecule has 0 aromatic heterocycles. The van der Waals surface area contributed by atoms with E-state index >= 15 is 0 Å². The number of nitrogens with zero attached hydrogens (tertiary/aromatic N) is 2. The molecule has 44 heavy (non-hydrogen) atoms. The molecule has 0 saturated heterocycles. The lowest BCUT2D eigenvalue weighted by Crippen LogP contribution is -2.48. The highest BCUT2D eigenvalue weighted by Crippen LogP contribution is 2.15. The molecule has 0 amide bonds. The Morgan fingerprint density at radius 2 is 0.591 bits per heavy atom. The zero-order valence-electron chi connectivity index (χ0n) is 31.1. The molecule has 0 rings (SSSR count). The highest BCUT2D eigenvalue weighted by atomic mass is 32.3. The predicted molar refractivity (Wildman–Crippen MR) is 188 cm³/mol. The minimum absolute atomic E-state index is 1.31. The van der Waals surface area contributed by atoms with E-state index in [1.807, 2.05) is 0 Å². The van der Waals surface area contributed by atoms with Gasteiger partial charge < -0.3 is 23.1 Å². The molecule has 0 aromatic rings. The number of hydrogen-bond acceptors (Lipinski definition) is 5. The third kappa shape index (κ3) is 31.7. The van der Waals surface area contributed by atoms with Crippen LogP contribution in [0.25, 0.3) is 0 Å². The van der Waals surface area contributed by atoms with Gasteiger partial charge in [-0.25, -0.2) is 8.42 Å². The van der Waals surface area contributed by atoms with Crippen LogP contribution >= 0.6 is 0 Å². The van der Waals surface area contributed by atoms with Crippen molar-refractivity contribution in [1.82, 2.24) is 0 Å². The molecule has 0 fully saturated rings. The summed E-state index contributed by atoms with van der Waals surface area (Å²) < 4.78 is 31.5. The first-order chi connectivity index (χ1) is 21.0. The summed E-state index contributed by atoms with van der Waals surface area (Å²) in [7, 11) is -4.97. The summed E-state index contributed by atoms with van der Waals surface area (Å²) in [6.45, 7) is 29.4. The summed E-state index contributed by atoms with van der Waals surface area (Å²) in [4.78, 5) is 0. The van der Waals surface area contributed by atoms with Gasteiger partial charge >= 0.3 is 0 Å². The second-order valence-electron chi connectivity index (χ2n) is 12.9. The molecule has 0 unspecified atom stereocenters. The minimum Gasteiger partial charge on any atom is -0.726 e. The van der Waals surface area contributed by atoms with Crippen LogP contribution in [0.2, 0.25) is 0 Å². The Hall–Kier alpha value is -0.250. The van der Waals surface area contributed by atoms with Gasteiger partial charge in [0.25, 0.3) is 0 Å². The first kappa shape index (κ1) is 48.1. The summed E-state index contributed by atoms with van der Waals surface area (Å²) in [6.07, 6.45) is 29.0. The summed E-state index contributed by atoms with van der Waals surface area (Å²) in [6, 6.07) is 0. The number of hydrogen-bond donors (Lipinski definition) is 0. The van der Waals surface area contributed by atoms with E-state index in [0.717, 1.165) is 0 Å². The molecule has 0 aromatic carbocycles. The van der Waals surface area contributed by atoms with E-state index in [0.29, 0.717) is 0 Å². The third-order valence-corrected chi connectivity index (χ3v) is 10.2. The van der Waals surface area contributed by atoms with Gasteiger partial charge in [0.05, 0.1) is 52.4 Å². The van der Waals surface area contributed by atoms with Gasteiger partial charge in [-0.1, -0.05) is 117 Å². The first-order valence-corrected chi connectivity index (χ1v) is 20.4. The molecule has 0 aliphatic heterocycles. The molecular weight excluding hydrogens is 572 g/mol. The molecular formula is C36H80N2O5S. The van der Waals surface area contributed by atoms with E-state index < -0.39 is 10.4 Å². The summed E-state index contributed by atoms with van der Waals surface area (Å²) >= 11 is 0. The van der Waals surface area contributed by atoms with Crippen LogP contribution in [0.4, 0.5) is 0 Å². The van der Waals surface area contributed by atoms with Gasteiger partial charge in [-0.15, -0.1) is 0 Å². The van der Waals surface area contributed by atoms with Crippen molar-refractivity contribution < 1.29 is 31.5 Å². The van der Waals surface area contributed by atoms with Crippen molar-refractivity contribution in [2.75, 3.05) is 52.4 Å². The van der Waals surface area contributed by atoms with Crippen molar-refractivity contribution in [3.8, 4) is 0 Å². The van der Waals surface area contributed by atoms with Gasteiger partial charge in [-0.2, -0.15) is 0 Å². The van der Waals surface area contributed by atoms with Gasteiger partial charge in [0.15, 0.2) is 0 Å². The van der Waals surface area contributed by atoms with E-state index in [1.165, 1.54) is 190 Å². The molecule has 0 aliphatic rings. The van der Waals surface area contributed by atoms with Crippen molar-refractivity contribution in [2.24, 2.45) is 0 Å². The van der Waals surface area contributed by atoms with Crippen molar-refractivity contribution in [3.05, 3.63) is 0 Å². The van der Waals surface area contributed by atoms with Gasteiger partial charge in [0.1, 0.15) is 0 Å². The number of rotatable bonds is 29. The van der Waals surface area contributed by atoms with Crippen LogP contribution in [0.3, 0.4) is 0 Å². The highest BCUT2D eigenvalue weighted by molar-refractivity contribution is 7.80. The second-order valence-corrected chi connectivity index (χ2v) is 13.8. The Morgan fingerprint density at radius 1 is 0.409 bits per heavy atom. The quantitative estimate of drug-likeness (QED) is 0.0201. The molecule has 7 nitrogen and oxygen atoms in total. The lowest BCUT2D eigenvalue weighted by molar-refractivity contribution is -0.923. The molecule has 0 aliphatic carbocycles. The molecule has 0 atom stereocenters. The molecule has 0 bridgehead atoms. The zero-order valence-corrected chi connectivity index (χ0v) is 32.0. The van der Waals surface area contributed by atoms with Gasteiger partial charge in [0, 0.05) is 0 Å². The van der Waals surface area contributed by atoms with Crippen LogP contribution in [-0.4, -0.2) is 74.3 Å². The average Bonchev–Trinajstić information content (AvgIpc) is 3.03. The normalized spacial score (nSPS) is 12.0. The number of quaternary nitrogens is 2. The molecule has 0 saturated carbocycles. The van der Waals surface area contributed by atoms with Gasteiger partial charge in [-0.3, -0.25) is 0 Å². The topological polar surface area (TPSA) is 89.5 Å². The maximum absolute atomic E-state index is 8.91. The van der Waals surface area contributed by atoms with Crippen LogP contribution in [-0.2, 0) is 14.7 Å². The van der Waals surface area contributed by atoms with Gasteiger partial charge in [0.2, 0.25) is 10.4 Å². The average molecular weight is 653 g/mol. The lowest BCUT2D eigenvalue weighted by atomic mass is 10.1. The fourth-order valence-electron chi connectivity index (χ4n) is 6.16. The third-order valence-electron chi connectivity index (χ3n) is 10.1. The van der Waals surface area contributed by atoms with Crippen molar-refractivity contribution in [1.29, 1.82) is 0 Å². The number of unbranched alkanes of at least 4 members (excludes halogenated alkanes) is 18. The Bertz CT molecular complexity index is 596. The largest absolute Gasteiger partial charge is 0.726 e. The Morgan fingerprint density at radius 3 is 0.750 bits per heavy atom. The predicted octanol–water partition coefficient (Wildman–Crippen LogP) is 9.31. The Kier molecular flexibility index (Phi) is 37.3. The van der Waals surface area contributed by atoms with Crippen molar-refractivity contribution in [2.45, 2.75) is 184 Å². The first-order valence-electron chi connectivity index (χ1n) is 19.0. The zero-order chi connectivity index (χ0) is 34.0. The molecule has 8 heteroatoms. The minimum atomic E-state index is -4.97.